The number of anilines is 1. The number of hydrogen-bond donors (Lipinski definition) is 1. The summed E-state index contributed by atoms with van der Waals surface area (Å²) in [5, 5.41) is 0. The summed E-state index contributed by atoms with van der Waals surface area (Å²) in [6, 6.07) is 12.2. The average molecular weight is 411 g/mol. The highest BCUT2D eigenvalue weighted by molar-refractivity contribution is 7.92. The molecule has 3 rings (SSSR count). The zero-order valence-corrected chi connectivity index (χ0v) is 15.2. The first-order chi connectivity index (χ1) is 13.3. The highest BCUT2D eigenvalue weighted by Crippen LogP contribution is 2.38. The van der Waals surface area contributed by atoms with Crippen molar-refractivity contribution in [2.24, 2.45) is 0 Å². The first kappa shape index (κ1) is 19.7. The van der Waals surface area contributed by atoms with Gasteiger partial charge < -0.3 is 4.74 Å². The Morgan fingerprint density at radius 2 is 1.46 bits per heavy atom. The molecule has 0 aliphatic carbocycles. The van der Waals surface area contributed by atoms with Gasteiger partial charge in [0.25, 0.3) is 10.0 Å². The van der Waals surface area contributed by atoms with E-state index in [1.165, 1.54) is 55.6 Å². The molecule has 28 heavy (non-hydrogen) atoms. The van der Waals surface area contributed by atoms with Crippen molar-refractivity contribution >= 4 is 15.7 Å². The summed E-state index contributed by atoms with van der Waals surface area (Å²) >= 11 is 0. The number of methoxy groups -OCH3 is 1. The van der Waals surface area contributed by atoms with Crippen LogP contribution >= 0.6 is 0 Å². The zero-order valence-electron chi connectivity index (χ0n) is 14.3. The van der Waals surface area contributed by atoms with Gasteiger partial charge >= 0.3 is 0 Å². The van der Waals surface area contributed by atoms with Gasteiger partial charge in [0.2, 0.25) is 0 Å². The van der Waals surface area contributed by atoms with E-state index in [2.05, 4.69) is 0 Å². The number of ether oxygens (including phenoxy) is 1. The van der Waals surface area contributed by atoms with Gasteiger partial charge in [-0.1, -0.05) is 30.3 Å². The van der Waals surface area contributed by atoms with Crippen molar-refractivity contribution in [3.63, 3.8) is 0 Å². The summed E-state index contributed by atoms with van der Waals surface area (Å²) in [5.74, 6) is -7.57. The van der Waals surface area contributed by atoms with E-state index < -0.39 is 44.5 Å². The van der Waals surface area contributed by atoms with Gasteiger partial charge in [-0.25, -0.2) is 26.0 Å². The molecule has 0 aliphatic rings. The summed E-state index contributed by atoms with van der Waals surface area (Å²) in [4.78, 5) is -0.267. The van der Waals surface area contributed by atoms with Gasteiger partial charge in [-0.3, -0.25) is 4.72 Å². The standard InChI is InChI=1S/C19H13F4NO3S/c1-27-12-7-5-6-11(10-12)14-15(20)16(21)17(22)18(23)19(14)24-28(25,26)13-8-3-2-4-9-13/h2-10,24H,1H3. The largest absolute Gasteiger partial charge is 0.497 e. The predicted octanol–water partition coefficient (Wildman–Crippen LogP) is 4.72. The van der Waals surface area contributed by atoms with Gasteiger partial charge in [0.15, 0.2) is 23.3 Å². The van der Waals surface area contributed by atoms with Crippen LogP contribution in [0.15, 0.2) is 59.5 Å². The maximum Gasteiger partial charge on any atom is 0.262 e. The number of halogens is 4. The van der Waals surface area contributed by atoms with Gasteiger partial charge in [0.1, 0.15) is 5.75 Å². The number of nitrogens with one attached hydrogen (secondary N) is 1. The molecular weight excluding hydrogens is 398 g/mol. The van der Waals surface area contributed by atoms with Crippen LogP contribution in [0.3, 0.4) is 0 Å². The van der Waals surface area contributed by atoms with E-state index in [4.69, 9.17) is 4.74 Å². The van der Waals surface area contributed by atoms with Gasteiger partial charge in [-0.15, -0.1) is 0 Å². The molecule has 0 aliphatic heterocycles. The maximum absolute atomic E-state index is 14.5. The van der Waals surface area contributed by atoms with Crippen molar-refractivity contribution in [2.45, 2.75) is 4.90 Å². The molecule has 0 atom stereocenters. The molecule has 0 unspecified atom stereocenters. The second kappa shape index (κ2) is 7.51. The Kier molecular flexibility index (Phi) is 5.28. The van der Waals surface area contributed by atoms with E-state index in [-0.39, 0.29) is 16.2 Å². The molecule has 3 aromatic carbocycles. The molecule has 9 heteroatoms. The van der Waals surface area contributed by atoms with Crippen LogP contribution in [0.2, 0.25) is 0 Å². The van der Waals surface area contributed by atoms with Gasteiger partial charge in [0, 0.05) is 5.56 Å². The first-order valence-electron chi connectivity index (χ1n) is 7.84. The second-order valence-corrected chi connectivity index (χ2v) is 7.34. The number of sulfonamides is 1. The molecule has 0 amide bonds. The van der Waals surface area contributed by atoms with Crippen molar-refractivity contribution in [2.75, 3.05) is 11.8 Å². The van der Waals surface area contributed by atoms with E-state index in [9.17, 15) is 26.0 Å². The van der Waals surface area contributed by atoms with Crippen LogP contribution in [-0.2, 0) is 10.0 Å². The number of benzene rings is 3. The molecule has 3 aromatic rings. The summed E-state index contributed by atoms with van der Waals surface area (Å²) < 4.78 is 88.6. The molecule has 4 nitrogen and oxygen atoms in total. The SMILES string of the molecule is COc1cccc(-c2c(F)c(F)c(F)c(F)c2NS(=O)(=O)c2ccccc2)c1. The van der Waals surface area contributed by atoms with Crippen LogP contribution < -0.4 is 9.46 Å². The molecule has 0 radical (unpaired) electrons. The Morgan fingerprint density at radius 1 is 0.821 bits per heavy atom. The van der Waals surface area contributed by atoms with Crippen LogP contribution in [-0.4, -0.2) is 15.5 Å². The smallest absolute Gasteiger partial charge is 0.262 e. The quantitative estimate of drug-likeness (QED) is 0.376. The molecule has 0 saturated carbocycles. The Labute approximate surface area is 158 Å². The third-order valence-corrected chi connectivity index (χ3v) is 5.28. The van der Waals surface area contributed by atoms with Gasteiger partial charge in [-0.05, 0) is 29.8 Å². The van der Waals surface area contributed by atoms with Crippen molar-refractivity contribution < 1.29 is 30.7 Å². The monoisotopic (exact) mass is 411 g/mol. The highest BCUT2D eigenvalue weighted by Gasteiger charge is 2.29. The normalized spacial score (nSPS) is 11.3. The van der Waals surface area contributed by atoms with Crippen molar-refractivity contribution in [1.82, 2.24) is 0 Å². The van der Waals surface area contributed by atoms with Gasteiger partial charge in [0.05, 0.1) is 17.7 Å². The second-order valence-electron chi connectivity index (χ2n) is 5.66. The summed E-state index contributed by atoms with van der Waals surface area (Å²) in [5.41, 5.74) is -1.94. The van der Waals surface area contributed by atoms with Crippen molar-refractivity contribution in [1.29, 1.82) is 0 Å². The van der Waals surface area contributed by atoms with Gasteiger partial charge in [-0.2, -0.15) is 0 Å². The van der Waals surface area contributed by atoms with E-state index in [1.54, 1.807) is 6.07 Å². The summed E-state index contributed by atoms with van der Waals surface area (Å²) in [6.45, 7) is 0. The fourth-order valence-electron chi connectivity index (χ4n) is 2.57. The first-order valence-corrected chi connectivity index (χ1v) is 9.33. The third-order valence-electron chi connectivity index (χ3n) is 3.92. The minimum Gasteiger partial charge on any atom is -0.497 e. The lowest BCUT2D eigenvalue weighted by Crippen LogP contribution is -2.17. The lowest BCUT2D eigenvalue weighted by Gasteiger charge is -2.16. The molecule has 1 N–H and O–H groups in total. The molecule has 0 heterocycles. The van der Waals surface area contributed by atoms with E-state index >= 15 is 0 Å². The number of hydrogen-bond acceptors (Lipinski definition) is 3. The highest BCUT2D eigenvalue weighted by atomic mass is 32.2. The number of rotatable bonds is 5. The minimum atomic E-state index is -4.41. The molecule has 0 fully saturated rings. The van der Waals surface area contributed by atoms with E-state index in [0.29, 0.717) is 0 Å². The Balaban J connectivity index is 2.25. The van der Waals surface area contributed by atoms with Crippen LogP contribution in [0.4, 0.5) is 23.2 Å². The minimum absolute atomic E-state index is 0.111. The van der Waals surface area contributed by atoms with Crippen molar-refractivity contribution in [3.05, 3.63) is 77.9 Å². The summed E-state index contributed by atoms with van der Waals surface area (Å²) in [7, 11) is -3.09. The average Bonchev–Trinajstić information content (AvgIpc) is 2.71. The molecule has 0 bridgehead atoms. The Hall–Kier alpha value is -3.07. The Morgan fingerprint density at radius 3 is 2.11 bits per heavy atom. The fourth-order valence-corrected chi connectivity index (χ4v) is 3.66. The molecule has 146 valence electrons. The lowest BCUT2D eigenvalue weighted by molar-refractivity contribution is 0.411. The molecule has 0 aromatic heterocycles. The fraction of sp³-hybridized carbons (Fsp3) is 0.0526. The third kappa shape index (κ3) is 3.53. The van der Waals surface area contributed by atoms with E-state index in [0.717, 1.165) is 0 Å². The molecule has 0 spiro atoms. The molecular formula is C19H13F4NO3S. The predicted molar refractivity (Wildman–Crippen MR) is 95.5 cm³/mol. The van der Waals surface area contributed by atoms with Crippen LogP contribution in [0, 0.1) is 23.3 Å². The van der Waals surface area contributed by atoms with Crippen LogP contribution in [0.25, 0.3) is 11.1 Å². The van der Waals surface area contributed by atoms with Crippen LogP contribution in [0.1, 0.15) is 0 Å². The lowest BCUT2D eigenvalue weighted by atomic mass is 10.0. The topological polar surface area (TPSA) is 55.4 Å². The summed E-state index contributed by atoms with van der Waals surface area (Å²) in [6.07, 6.45) is 0. The Bertz CT molecular complexity index is 1140. The maximum atomic E-state index is 14.5. The van der Waals surface area contributed by atoms with Crippen molar-refractivity contribution in [3.8, 4) is 16.9 Å². The zero-order chi connectivity index (χ0) is 20.5. The molecule has 0 saturated heterocycles. The van der Waals surface area contributed by atoms with E-state index in [1.807, 2.05) is 4.72 Å². The van der Waals surface area contributed by atoms with Crippen LogP contribution in [0.5, 0.6) is 5.75 Å².